The molecular weight excluding hydrogens is 304 g/mol. The molecule has 1 saturated heterocycles. The van der Waals surface area contributed by atoms with Crippen molar-refractivity contribution < 1.29 is 19.4 Å². The minimum Gasteiger partial charge on any atom is -0.478 e. The van der Waals surface area contributed by atoms with Crippen LogP contribution in [0.25, 0.3) is 0 Å². The molecule has 1 saturated carbocycles. The predicted molar refractivity (Wildman–Crippen MR) is 91.4 cm³/mol. The van der Waals surface area contributed by atoms with Crippen LogP contribution >= 0.6 is 0 Å². The highest BCUT2D eigenvalue weighted by Crippen LogP contribution is 2.62. The molecule has 4 nitrogen and oxygen atoms in total. The highest BCUT2D eigenvalue weighted by molar-refractivity contribution is 5.88. The maximum absolute atomic E-state index is 11.8. The maximum Gasteiger partial charge on any atom is 0.331 e. The first-order valence-electron chi connectivity index (χ1n) is 9.37. The molecule has 0 aromatic rings. The summed E-state index contributed by atoms with van der Waals surface area (Å²) in [5.74, 6) is 0.520. The summed E-state index contributed by atoms with van der Waals surface area (Å²) in [5, 5.41) is 9.69. The molecule has 2 fully saturated rings. The largest absolute Gasteiger partial charge is 0.478 e. The summed E-state index contributed by atoms with van der Waals surface area (Å²) in [6.45, 7) is 7.42. The van der Waals surface area contributed by atoms with Crippen molar-refractivity contribution in [3.8, 4) is 0 Å². The molecule has 0 unspecified atom stereocenters. The zero-order chi connectivity index (χ0) is 17.5. The molecular formula is C20H30O4. The second kappa shape index (κ2) is 6.20. The van der Waals surface area contributed by atoms with Gasteiger partial charge in [-0.2, -0.15) is 0 Å². The number of aliphatic carboxylic acids is 1. The van der Waals surface area contributed by atoms with E-state index in [1.54, 1.807) is 0 Å². The van der Waals surface area contributed by atoms with Crippen LogP contribution in [0.2, 0.25) is 0 Å². The highest BCUT2D eigenvalue weighted by atomic mass is 16.5. The zero-order valence-corrected chi connectivity index (χ0v) is 15.1. The molecule has 134 valence electrons. The van der Waals surface area contributed by atoms with Crippen LogP contribution < -0.4 is 0 Å². The molecule has 0 spiro atoms. The Hall–Kier alpha value is -1.32. The minimum atomic E-state index is -0.742. The van der Waals surface area contributed by atoms with Gasteiger partial charge in [0.1, 0.15) is 0 Å². The molecule has 4 heteroatoms. The van der Waals surface area contributed by atoms with Crippen LogP contribution in [-0.2, 0) is 14.3 Å². The third-order valence-electron chi connectivity index (χ3n) is 7.46. The number of hydrogen-bond acceptors (Lipinski definition) is 3. The lowest BCUT2D eigenvalue weighted by atomic mass is 9.46. The van der Waals surface area contributed by atoms with E-state index in [2.05, 4.69) is 20.8 Å². The quantitative estimate of drug-likeness (QED) is 0.783. The Morgan fingerprint density at radius 2 is 2.12 bits per heavy atom. The van der Waals surface area contributed by atoms with Gasteiger partial charge >= 0.3 is 11.9 Å². The Morgan fingerprint density at radius 3 is 2.75 bits per heavy atom. The molecule has 5 atom stereocenters. The molecule has 1 heterocycles. The maximum atomic E-state index is 11.8. The topological polar surface area (TPSA) is 63.6 Å². The Kier molecular flexibility index (Phi) is 4.52. The lowest BCUT2D eigenvalue weighted by Crippen LogP contribution is -2.51. The van der Waals surface area contributed by atoms with Crippen molar-refractivity contribution in [2.45, 2.75) is 65.7 Å². The molecule has 3 aliphatic rings. The Labute approximate surface area is 144 Å². The molecule has 0 amide bonds. The fourth-order valence-corrected chi connectivity index (χ4v) is 5.71. The SMILES string of the molecule is C[C@@H]1CC[C@]2(C)C(C(=O)O)=CCC[C@@H]2[C@@]1(C)CC[C@H]1COC(=O)C1. The van der Waals surface area contributed by atoms with Gasteiger partial charge in [0.05, 0.1) is 13.0 Å². The smallest absolute Gasteiger partial charge is 0.331 e. The molecule has 24 heavy (non-hydrogen) atoms. The van der Waals surface area contributed by atoms with Crippen molar-refractivity contribution in [2.75, 3.05) is 6.61 Å². The summed E-state index contributed by atoms with van der Waals surface area (Å²) < 4.78 is 5.11. The summed E-state index contributed by atoms with van der Waals surface area (Å²) in [4.78, 5) is 23.1. The molecule has 3 rings (SSSR count). The van der Waals surface area contributed by atoms with E-state index in [9.17, 15) is 14.7 Å². The van der Waals surface area contributed by atoms with Crippen molar-refractivity contribution in [1.82, 2.24) is 0 Å². The van der Waals surface area contributed by atoms with E-state index in [1.807, 2.05) is 6.08 Å². The number of allylic oxidation sites excluding steroid dienone is 1. The molecule has 0 bridgehead atoms. The van der Waals surface area contributed by atoms with Gasteiger partial charge < -0.3 is 9.84 Å². The predicted octanol–water partition coefficient (Wildman–Crippen LogP) is 4.19. The summed E-state index contributed by atoms with van der Waals surface area (Å²) in [6, 6.07) is 0. The average molecular weight is 334 g/mol. The number of fused-ring (bicyclic) bond motifs is 1. The summed E-state index contributed by atoms with van der Waals surface area (Å²) >= 11 is 0. The van der Waals surface area contributed by atoms with Crippen molar-refractivity contribution in [3.63, 3.8) is 0 Å². The Morgan fingerprint density at radius 1 is 1.38 bits per heavy atom. The number of carboxylic acid groups (broad SMARTS) is 1. The van der Waals surface area contributed by atoms with Crippen molar-refractivity contribution in [3.05, 3.63) is 11.6 Å². The average Bonchev–Trinajstić information content (AvgIpc) is 2.94. The number of esters is 1. The molecule has 1 N–H and O–H groups in total. The number of carboxylic acids is 1. The first-order valence-corrected chi connectivity index (χ1v) is 9.37. The van der Waals surface area contributed by atoms with Gasteiger partial charge in [-0.15, -0.1) is 0 Å². The molecule has 0 radical (unpaired) electrons. The summed E-state index contributed by atoms with van der Waals surface area (Å²) in [6.07, 6.45) is 8.56. The van der Waals surface area contributed by atoms with Crippen LogP contribution in [0.4, 0.5) is 0 Å². The second-order valence-corrected chi connectivity index (χ2v) is 8.71. The third kappa shape index (κ3) is 2.78. The van der Waals surface area contributed by atoms with Crippen LogP contribution in [-0.4, -0.2) is 23.7 Å². The van der Waals surface area contributed by atoms with Crippen LogP contribution in [0.5, 0.6) is 0 Å². The molecule has 0 aromatic heterocycles. The minimum absolute atomic E-state index is 0.0690. The van der Waals surface area contributed by atoms with Crippen LogP contribution in [0.1, 0.15) is 65.7 Å². The van der Waals surface area contributed by atoms with Crippen molar-refractivity contribution >= 4 is 11.9 Å². The molecule has 1 aliphatic heterocycles. The van der Waals surface area contributed by atoms with E-state index in [0.29, 0.717) is 36.4 Å². The lowest BCUT2D eigenvalue weighted by molar-refractivity contribution is -0.138. The van der Waals surface area contributed by atoms with Gasteiger partial charge in [0.25, 0.3) is 0 Å². The van der Waals surface area contributed by atoms with Gasteiger partial charge in [0, 0.05) is 16.9 Å². The zero-order valence-electron chi connectivity index (χ0n) is 15.1. The van der Waals surface area contributed by atoms with Gasteiger partial charge in [-0.3, -0.25) is 4.79 Å². The first-order chi connectivity index (χ1) is 11.3. The van der Waals surface area contributed by atoms with Crippen molar-refractivity contribution in [2.24, 2.45) is 28.6 Å². The molecule has 2 aliphatic carbocycles. The van der Waals surface area contributed by atoms with Gasteiger partial charge in [0.15, 0.2) is 0 Å². The van der Waals surface area contributed by atoms with E-state index in [1.165, 1.54) is 0 Å². The van der Waals surface area contributed by atoms with E-state index in [-0.39, 0.29) is 16.8 Å². The summed E-state index contributed by atoms with van der Waals surface area (Å²) in [5.41, 5.74) is 0.553. The monoisotopic (exact) mass is 334 g/mol. The highest BCUT2D eigenvalue weighted by Gasteiger charge is 2.55. The number of ether oxygens (including phenoxy) is 1. The second-order valence-electron chi connectivity index (χ2n) is 8.71. The van der Waals surface area contributed by atoms with Crippen LogP contribution in [0, 0.1) is 28.6 Å². The standard InChI is InChI=1S/C20H30O4/c1-13-7-9-20(3)15(18(22)23)5-4-6-16(20)19(13,2)10-8-14-11-17(21)24-12-14/h5,13-14,16H,4,6-12H2,1-3H3,(H,22,23)/t13-,14-,16-,19+,20-/m1/s1. The number of rotatable bonds is 4. The number of carbonyl (C=O) groups is 2. The van der Waals surface area contributed by atoms with E-state index >= 15 is 0 Å². The van der Waals surface area contributed by atoms with Crippen LogP contribution in [0.15, 0.2) is 11.6 Å². The van der Waals surface area contributed by atoms with Gasteiger partial charge in [0.2, 0.25) is 0 Å². The van der Waals surface area contributed by atoms with Gasteiger partial charge in [-0.1, -0.05) is 26.8 Å². The van der Waals surface area contributed by atoms with E-state index in [4.69, 9.17) is 4.74 Å². The van der Waals surface area contributed by atoms with Gasteiger partial charge in [-0.25, -0.2) is 4.79 Å². The number of hydrogen-bond donors (Lipinski definition) is 1. The fourth-order valence-electron chi connectivity index (χ4n) is 5.71. The Balaban J connectivity index is 1.81. The Bertz CT molecular complexity index is 566. The number of carbonyl (C=O) groups excluding carboxylic acids is 1. The van der Waals surface area contributed by atoms with Crippen LogP contribution in [0.3, 0.4) is 0 Å². The fraction of sp³-hybridized carbons (Fsp3) is 0.800. The lowest BCUT2D eigenvalue weighted by Gasteiger charge is -2.57. The van der Waals surface area contributed by atoms with Crippen molar-refractivity contribution in [1.29, 1.82) is 0 Å². The summed E-state index contributed by atoms with van der Waals surface area (Å²) in [7, 11) is 0. The number of cyclic esters (lactones) is 1. The first kappa shape index (κ1) is 17.5. The normalized spacial score (nSPS) is 42.2. The molecule has 0 aromatic carbocycles. The van der Waals surface area contributed by atoms with E-state index in [0.717, 1.165) is 38.5 Å². The third-order valence-corrected chi connectivity index (χ3v) is 7.46. The van der Waals surface area contributed by atoms with E-state index < -0.39 is 5.97 Å². The van der Waals surface area contributed by atoms with Gasteiger partial charge in [-0.05, 0) is 55.8 Å².